The molecule has 1 amide bonds. The van der Waals surface area contributed by atoms with Crippen molar-refractivity contribution in [3.05, 3.63) is 23.8 Å². The number of benzene rings is 1. The Labute approximate surface area is 97.0 Å². The van der Waals surface area contributed by atoms with Crippen molar-refractivity contribution in [3.8, 4) is 0 Å². The Balaban J connectivity index is 2.55. The summed E-state index contributed by atoms with van der Waals surface area (Å²) < 4.78 is -0.565. The van der Waals surface area contributed by atoms with Crippen LogP contribution in [0.25, 0.3) is 0 Å². The van der Waals surface area contributed by atoms with Gasteiger partial charge >= 0.3 is 5.97 Å². The highest BCUT2D eigenvalue weighted by Gasteiger charge is 2.35. The van der Waals surface area contributed by atoms with Crippen LogP contribution in [0.1, 0.15) is 24.2 Å². The zero-order chi connectivity index (χ0) is 11.9. The highest BCUT2D eigenvalue weighted by molar-refractivity contribution is 8.01. The molecule has 0 aromatic heterocycles. The molecule has 0 fully saturated rings. The molecule has 1 aromatic carbocycles. The second-order valence-electron chi connectivity index (χ2n) is 4.05. The first-order valence-electron chi connectivity index (χ1n) is 4.78. The third-order valence-corrected chi connectivity index (χ3v) is 3.66. The van der Waals surface area contributed by atoms with E-state index in [4.69, 9.17) is 5.11 Å². The van der Waals surface area contributed by atoms with E-state index in [1.807, 2.05) is 19.9 Å². The Morgan fingerprint density at radius 2 is 2.12 bits per heavy atom. The van der Waals surface area contributed by atoms with Crippen molar-refractivity contribution in [1.29, 1.82) is 0 Å². The number of carboxylic acids is 1. The number of carbonyl (C=O) groups is 2. The Morgan fingerprint density at radius 1 is 1.44 bits per heavy atom. The monoisotopic (exact) mass is 237 g/mol. The Morgan fingerprint density at radius 3 is 2.75 bits per heavy atom. The van der Waals surface area contributed by atoms with Crippen LogP contribution >= 0.6 is 11.8 Å². The lowest BCUT2D eigenvalue weighted by molar-refractivity contribution is -0.117. The highest BCUT2D eigenvalue weighted by Crippen LogP contribution is 2.43. The molecule has 2 N–H and O–H groups in total. The van der Waals surface area contributed by atoms with E-state index < -0.39 is 10.7 Å². The van der Waals surface area contributed by atoms with Crippen molar-refractivity contribution in [2.24, 2.45) is 0 Å². The van der Waals surface area contributed by atoms with E-state index in [-0.39, 0.29) is 11.5 Å². The fourth-order valence-electron chi connectivity index (χ4n) is 1.51. The van der Waals surface area contributed by atoms with Crippen molar-refractivity contribution < 1.29 is 14.7 Å². The summed E-state index contributed by atoms with van der Waals surface area (Å²) in [6.45, 7) is 3.62. The Kier molecular flexibility index (Phi) is 2.42. The van der Waals surface area contributed by atoms with Crippen LogP contribution in [-0.2, 0) is 4.79 Å². The summed E-state index contributed by atoms with van der Waals surface area (Å²) in [6.07, 6.45) is 0. The number of rotatable bonds is 1. The molecule has 84 valence electrons. The van der Waals surface area contributed by atoms with E-state index >= 15 is 0 Å². The predicted molar refractivity (Wildman–Crippen MR) is 62.0 cm³/mol. The van der Waals surface area contributed by atoms with Gasteiger partial charge in [-0.25, -0.2) is 4.79 Å². The number of fused-ring (bicyclic) bond motifs is 1. The molecule has 0 unspecified atom stereocenters. The van der Waals surface area contributed by atoms with Crippen LogP contribution in [0.4, 0.5) is 5.69 Å². The maximum atomic E-state index is 11.7. The summed E-state index contributed by atoms with van der Waals surface area (Å²) in [5.41, 5.74) is 0.540. The molecular weight excluding hydrogens is 226 g/mol. The van der Waals surface area contributed by atoms with Crippen LogP contribution in [0.2, 0.25) is 0 Å². The molecule has 5 heteroatoms. The van der Waals surface area contributed by atoms with Gasteiger partial charge < -0.3 is 10.4 Å². The standard InChI is InChI=1S/C11H11NO3S/c1-11(2)10(15)12-8-6(9(13)14)4-3-5-7(8)16-11/h3-5H,1-2H3,(H,12,15)(H,13,14). The number of hydrogen-bond acceptors (Lipinski definition) is 3. The van der Waals surface area contributed by atoms with Gasteiger partial charge in [-0.2, -0.15) is 0 Å². The number of para-hydroxylation sites is 1. The number of carboxylic acid groups (broad SMARTS) is 1. The fourth-order valence-corrected chi connectivity index (χ4v) is 2.61. The number of aromatic carboxylic acids is 1. The number of hydrogen-bond donors (Lipinski definition) is 2. The van der Waals surface area contributed by atoms with E-state index in [1.165, 1.54) is 17.8 Å². The summed E-state index contributed by atoms with van der Waals surface area (Å²) >= 11 is 1.38. The third-order valence-electron chi connectivity index (χ3n) is 2.41. The van der Waals surface area contributed by atoms with Crippen LogP contribution in [0.3, 0.4) is 0 Å². The molecule has 0 radical (unpaired) electrons. The molecule has 0 saturated carbocycles. The Hall–Kier alpha value is -1.49. The first-order valence-corrected chi connectivity index (χ1v) is 5.60. The molecule has 0 aliphatic carbocycles. The molecule has 1 heterocycles. The van der Waals surface area contributed by atoms with E-state index in [1.54, 1.807) is 6.07 Å². The molecule has 1 aliphatic heterocycles. The summed E-state index contributed by atoms with van der Waals surface area (Å²) in [6, 6.07) is 4.98. The fraction of sp³-hybridized carbons (Fsp3) is 0.273. The van der Waals surface area contributed by atoms with Gasteiger partial charge in [0.25, 0.3) is 0 Å². The van der Waals surface area contributed by atoms with Gasteiger partial charge in [0.15, 0.2) is 0 Å². The smallest absolute Gasteiger partial charge is 0.337 e. The van der Waals surface area contributed by atoms with E-state index in [9.17, 15) is 9.59 Å². The molecule has 1 aromatic rings. The molecule has 0 saturated heterocycles. The minimum absolute atomic E-state index is 0.133. The zero-order valence-corrected chi connectivity index (χ0v) is 9.72. The number of amides is 1. The number of thioether (sulfide) groups is 1. The van der Waals surface area contributed by atoms with Gasteiger partial charge in [-0.05, 0) is 26.0 Å². The van der Waals surface area contributed by atoms with E-state index in [2.05, 4.69) is 5.32 Å². The van der Waals surface area contributed by atoms with Crippen molar-refractivity contribution >= 4 is 29.3 Å². The summed E-state index contributed by atoms with van der Waals surface area (Å²) in [5, 5.41) is 11.7. The van der Waals surface area contributed by atoms with Gasteiger partial charge in [-0.15, -0.1) is 11.8 Å². The van der Waals surface area contributed by atoms with Gasteiger partial charge in [0.2, 0.25) is 5.91 Å². The van der Waals surface area contributed by atoms with Crippen LogP contribution < -0.4 is 5.32 Å². The van der Waals surface area contributed by atoms with Gasteiger partial charge in [0, 0.05) is 4.90 Å². The first-order chi connectivity index (χ1) is 7.42. The largest absolute Gasteiger partial charge is 0.478 e. The van der Waals surface area contributed by atoms with Crippen molar-refractivity contribution in [3.63, 3.8) is 0 Å². The number of anilines is 1. The normalized spacial score (nSPS) is 17.5. The van der Waals surface area contributed by atoms with Crippen LogP contribution in [0.15, 0.2) is 23.1 Å². The minimum atomic E-state index is -1.03. The quantitative estimate of drug-likeness (QED) is 0.785. The van der Waals surface area contributed by atoms with Crippen LogP contribution in [0.5, 0.6) is 0 Å². The maximum absolute atomic E-state index is 11.7. The summed E-state index contributed by atoms with van der Waals surface area (Å²) in [4.78, 5) is 23.5. The lowest BCUT2D eigenvalue weighted by Gasteiger charge is -2.30. The Bertz CT molecular complexity index is 482. The van der Waals surface area contributed by atoms with Gasteiger partial charge in [-0.1, -0.05) is 6.07 Å². The average Bonchev–Trinajstić information content (AvgIpc) is 2.18. The first kappa shape index (κ1) is 11.0. The van der Waals surface area contributed by atoms with Crippen LogP contribution in [0, 0.1) is 0 Å². The lowest BCUT2D eigenvalue weighted by atomic mass is 10.1. The van der Waals surface area contributed by atoms with Gasteiger partial charge in [0.05, 0.1) is 16.0 Å². The molecule has 0 bridgehead atoms. The maximum Gasteiger partial charge on any atom is 0.337 e. The van der Waals surface area contributed by atoms with Crippen LogP contribution in [-0.4, -0.2) is 21.7 Å². The molecule has 2 rings (SSSR count). The second-order valence-corrected chi connectivity index (χ2v) is 5.71. The molecule has 1 aliphatic rings. The SMILES string of the molecule is CC1(C)Sc2cccc(C(=O)O)c2NC1=O. The van der Waals surface area contributed by atoms with Crippen molar-refractivity contribution in [2.75, 3.05) is 5.32 Å². The average molecular weight is 237 g/mol. The molecular formula is C11H11NO3S. The molecule has 16 heavy (non-hydrogen) atoms. The topological polar surface area (TPSA) is 66.4 Å². The third kappa shape index (κ3) is 1.67. The number of carbonyl (C=O) groups excluding carboxylic acids is 1. The van der Waals surface area contributed by atoms with Crippen molar-refractivity contribution in [2.45, 2.75) is 23.5 Å². The van der Waals surface area contributed by atoms with E-state index in [0.29, 0.717) is 5.69 Å². The van der Waals surface area contributed by atoms with E-state index in [0.717, 1.165) is 4.90 Å². The zero-order valence-electron chi connectivity index (χ0n) is 8.90. The highest BCUT2D eigenvalue weighted by atomic mass is 32.2. The number of nitrogens with one attached hydrogen (secondary N) is 1. The molecule has 0 atom stereocenters. The lowest BCUT2D eigenvalue weighted by Crippen LogP contribution is -2.37. The predicted octanol–water partition coefficient (Wildman–Crippen LogP) is 2.21. The van der Waals surface area contributed by atoms with Gasteiger partial charge in [-0.3, -0.25) is 4.79 Å². The molecule has 4 nitrogen and oxygen atoms in total. The minimum Gasteiger partial charge on any atom is -0.478 e. The summed E-state index contributed by atoms with van der Waals surface area (Å²) in [5.74, 6) is -1.20. The van der Waals surface area contributed by atoms with Crippen molar-refractivity contribution in [1.82, 2.24) is 0 Å². The second kappa shape index (κ2) is 3.52. The molecule has 0 spiro atoms. The summed E-state index contributed by atoms with van der Waals surface area (Å²) in [7, 11) is 0. The van der Waals surface area contributed by atoms with Gasteiger partial charge in [0.1, 0.15) is 0 Å².